The highest BCUT2D eigenvalue weighted by Gasteiger charge is 2.36. The normalized spacial score (nSPS) is 14.5. The molecule has 0 saturated heterocycles. The van der Waals surface area contributed by atoms with Gasteiger partial charge in [0.05, 0.1) is 23.9 Å². The first-order valence-corrected chi connectivity index (χ1v) is 8.55. The second kappa shape index (κ2) is 6.49. The maximum absolute atomic E-state index is 12.5. The van der Waals surface area contributed by atoms with Gasteiger partial charge in [0, 0.05) is 0 Å². The van der Waals surface area contributed by atoms with Crippen molar-refractivity contribution in [3.63, 3.8) is 0 Å². The zero-order chi connectivity index (χ0) is 17.3. The highest BCUT2D eigenvalue weighted by Crippen LogP contribution is 2.32. The van der Waals surface area contributed by atoms with Crippen LogP contribution in [0.1, 0.15) is 31.5 Å². The molecule has 1 atom stereocenters. The molecule has 0 spiro atoms. The van der Waals surface area contributed by atoms with Gasteiger partial charge in [-0.25, -0.2) is 4.90 Å². The molecule has 1 unspecified atom stereocenters. The molecule has 0 aliphatic carbocycles. The molecule has 122 valence electrons. The fourth-order valence-electron chi connectivity index (χ4n) is 2.70. The summed E-state index contributed by atoms with van der Waals surface area (Å²) in [6.07, 6.45) is 1.82. The number of esters is 1. The molecule has 5 nitrogen and oxygen atoms in total. The molecule has 0 aromatic heterocycles. The molecule has 0 saturated carbocycles. The Bertz CT molecular complexity index is 781. The zero-order valence-corrected chi connectivity index (χ0v) is 14.0. The van der Waals surface area contributed by atoms with E-state index in [4.69, 9.17) is 4.74 Å². The molecule has 0 bridgehead atoms. The van der Waals surface area contributed by atoms with E-state index in [9.17, 15) is 14.4 Å². The van der Waals surface area contributed by atoms with Crippen LogP contribution >= 0.6 is 11.8 Å². The number of ether oxygens (including phenoxy) is 1. The lowest BCUT2D eigenvalue weighted by molar-refractivity contribution is -0.140. The number of methoxy groups -OCH3 is 1. The predicted octanol–water partition coefficient (Wildman–Crippen LogP) is 3.06. The van der Waals surface area contributed by atoms with E-state index in [1.807, 2.05) is 6.26 Å². The Labute approximate surface area is 143 Å². The maximum Gasteiger partial charge on any atom is 0.323 e. The number of hydrogen-bond donors (Lipinski definition) is 0. The van der Waals surface area contributed by atoms with E-state index in [0.29, 0.717) is 16.8 Å². The molecule has 1 aliphatic heterocycles. The van der Waals surface area contributed by atoms with Gasteiger partial charge in [0.25, 0.3) is 11.8 Å². The van der Waals surface area contributed by atoms with E-state index in [1.165, 1.54) is 18.9 Å². The van der Waals surface area contributed by atoms with Crippen LogP contribution in [0.4, 0.5) is 5.69 Å². The average molecular weight is 341 g/mol. The molecule has 0 radical (unpaired) electrons. The summed E-state index contributed by atoms with van der Waals surface area (Å²) in [5, 5.41) is -0.439. The highest BCUT2D eigenvalue weighted by atomic mass is 32.2. The summed E-state index contributed by atoms with van der Waals surface area (Å²) in [6, 6.07) is 13.6. The number of amides is 2. The third-order valence-corrected chi connectivity index (χ3v) is 4.84. The van der Waals surface area contributed by atoms with Crippen molar-refractivity contribution in [2.75, 3.05) is 18.3 Å². The van der Waals surface area contributed by atoms with Gasteiger partial charge >= 0.3 is 5.97 Å². The minimum atomic E-state index is -0.439. The zero-order valence-electron chi connectivity index (χ0n) is 13.2. The Balaban J connectivity index is 1.91. The number of imide groups is 1. The maximum atomic E-state index is 12.5. The van der Waals surface area contributed by atoms with E-state index in [2.05, 4.69) is 0 Å². The van der Waals surface area contributed by atoms with Gasteiger partial charge in [-0.2, -0.15) is 0 Å². The number of rotatable bonds is 4. The van der Waals surface area contributed by atoms with Crippen molar-refractivity contribution in [2.24, 2.45) is 0 Å². The van der Waals surface area contributed by atoms with Gasteiger partial charge in [0.2, 0.25) is 0 Å². The number of fused-ring (bicyclic) bond motifs is 1. The number of nitrogens with zero attached hydrogens (tertiary/aromatic N) is 1. The topological polar surface area (TPSA) is 63.7 Å². The van der Waals surface area contributed by atoms with Crippen LogP contribution in [0.15, 0.2) is 48.5 Å². The minimum absolute atomic E-state index is 0.335. The monoisotopic (exact) mass is 341 g/mol. The van der Waals surface area contributed by atoms with Gasteiger partial charge in [-0.15, -0.1) is 11.8 Å². The van der Waals surface area contributed by atoms with Crippen molar-refractivity contribution in [3.8, 4) is 0 Å². The lowest BCUT2D eigenvalue weighted by Crippen LogP contribution is -2.29. The average Bonchev–Trinajstić information content (AvgIpc) is 2.87. The molecule has 1 heterocycles. The fourth-order valence-corrected chi connectivity index (χ4v) is 3.42. The molecule has 0 fully saturated rings. The molecule has 6 heteroatoms. The number of thioether (sulfide) groups is 1. The predicted molar refractivity (Wildman–Crippen MR) is 92.3 cm³/mol. The van der Waals surface area contributed by atoms with Crippen molar-refractivity contribution in [2.45, 2.75) is 5.25 Å². The van der Waals surface area contributed by atoms with Crippen molar-refractivity contribution in [3.05, 3.63) is 65.2 Å². The van der Waals surface area contributed by atoms with Crippen molar-refractivity contribution in [1.29, 1.82) is 0 Å². The number of benzene rings is 2. The summed E-state index contributed by atoms with van der Waals surface area (Å²) in [4.78, 5) is 37.9. The molecule has 2 amide bonds. The molecule has 1 aliphatic rings. The van der Waals surface area contributed by atoms with Gasteiger partial charge in [-0.1, -0.05) is 24.3 Å². The van der Waals surface area contributed by atoms with Crippen molar-refractivity contribution >= 4 is 35.2 Å². The minimum Gasteiger partial charge on any atom is -0.468 e. The summed E-state index contributed by atoms with van der Waals surface area (Å²) in [6.45, 7) is 0. The molecular weight excluding hydrogens is 326 g/mol. The van der Waals surface area contributed by atoms with Crippen LogP contribution in [0.5, 0.6) is 0 Å². The van der Waals surface area contributed by atoms with E-state index in [-0.39, 0.29) is 17.8 Å². The van der Waals surface area contributed by atoms with Gasteiger partial charge in [0.1, 0.15) is 5.25 Å². The van der Waals surface area contributed by atoms with Crippen molar-refractivity contribution < 1.29 is 19.1 Å². The summed E-state index contributed by atoms with van der Waals surface area (Å²) < 4.78 is 4.79. The standard InChI is InChI=1S/C18H15NO4S/c1-23-18(22)15(24-2)11-7-9-12(10-8-11)19-16(20)13-5-3-4-6-14(13)17(19)21/h3-10,15H,1-2H3. The van der Waals surface area contributed by atoms with Crippen LogP contribution in [-0.4, -0.2) is 31.1 Å². The smallest absolute Gasteiger partial charge is 0.323 e. The first-order valence-electron chi connectivity index (χ1n) is 7.27. The second-order valence-electron chi connectivity index (χ2n) is 5.22. The first-order chi connectivity index (χ1) is 11.6. The molecular formula is C18H15NO4S. The van der Waals surface area contributed by atoms with E-state index >= 15 is 0 Å². The molecule has 2 aromatic rings. The van der Waals surface area contributed by atoms with Gasteiger partial charge in [0.15, 0.2) is 0 Å². The quantitative estimate of drug-likeness (QED) is 0.632. The first kappa shape index (κ1) is 16.3. The Kier molecular flexibility index (Phi) is 4.40. The summed E-state index contributed by atoms with van der Waals surface area (Å²) in [5.74, 6) is -1.01. The lowest BCUT2D eigenvalue weighted by Gasteiger charge is -2.16. The van der Waals surface area contributed by atoms with Crippen LogP contribution in [0.25, 0.3) is 0 Å². The van der Waals surface area contributed by atoms with Crippen LogP contribution in [-0.2, 0) is 9.53 Å². The molecule has 0 N–H and O–H groups in total. The molecule has 3 rings (SSSR count). The second-order valence-corrected chi connectivity index (χ2v) is 6.16. The van der Waals surface area contributed by atoms with Gasteiger partial charge < -0.3 is 4.74 Å². The molecule has 2 aromatic carbocycles. The highest BCUT2D eigenvalue weighted by molar-refractivity contribution is 7.99. The molecule has 24 heavy (non-hydrogen) atoms. The SMILES string of the molecule is COC(=O)C(SC)c1ccc(N2C(=O)c3ccccc3C2=O)cc1. The Morgan fingerprint density at radius 2 is 1.54 bits per heavy atom. The van der Waals surface area contributed by atoms with Gasteiger partial charge in [-0.3, -0.25) is 14.4 Å². The van der Waals surface area contributed by atoms with Crippen LogP contribution in [0.2, 0.25) is 0 Å². The summed E-state index contributed by atoms with van der Waals surface area (Å²) >= 11 is 1.36. The number of carbonyl (C=O) groups is 3. The van der Waals surface area contributed by atoms with E-state index in [1.54, 1.807) is 48.5 Å². The third kappa shape index (κ3) is 2.59. The number of carbonyl (C=O) groups excluding carboxylic acids is 3. The number of anilines is 1. The lowest BCUT2D eigenvalue weighted by atomic mass is 10.1. The Morgan fingerprint density at radius 1 is 1.00 bits per heavy atom. The number of hydrogen-bond acceptors (Lipinski definition) is 5. The van der Waals surface area contributed by atoms with E-state index < -0.39 is 5.25 Å². The van der Waals surface area contributed by atoms with Crippen molar-refractivity contribution in [1.82, 2.24) is 0 Å². The van der Waals surface area contributed by atoms with Crippen LogP contribution < -0.4 is 4.90 Å². The largest absolute Gasteiger partial charge is 0.468 e. The van der Waals surface area contributed by atoms with Gasteiger partial charge in [-0.05, 0) is 36.1 Å². The fraction of sp³-hybridized carbons (Fsp3) is 0.167. The Hall–Kier alpha value is -2.60. The summed E-state index contributed by atoms with van der Waals surface area (Å²) in [7, 11) is 1.35. The van der Waals surface area contributed by atoms with Crippen LogP contribution in [0.3, 0.4) is 0 Å². The summed E-state index contributed by atoms with van der Waals surface area (Å²) in [5.41, 5.74) is 2.05. The Morgan fingerprint density at radius 3 is 2.00 bits per heavy atom. The van der Waals surface area contributed by atoms with Crippen LogP contribution in [0, 0.1) is 0 Å². The third-order valence-electron chi connectivity index (χ3n) is 3.90. The van der Waals surface area contributed by atoms with E-state index in [0.717, 1.165) is 10.5 Å².